The second kappa shape index (κ2) is 12.7. The molecule has 0 spiro atoms. The van der Waals surface area contributed by atoms with Crippen LogP contribution in [-0.4, -0.2) is 12.9 Å². The molecular weight excluding hydrogens is 552 g/mol. The van der Waals surface area contributed by atoms with Crippen molar-refractivity contribution in [1.82, 2.24) is 0 Å². The Morgan fingerprint density at radius 3 is 1.38 bits per heavy atom. The lowest BCUT2D eigenvalue weighted by Crippen LogP contribution is -2.28. The molecule has 0 bridgehead atoms. The van der Waals surface area contributed by atoms with E-state index in [9.17, 15) is 4.79 Å². The lowest BCUT2D eigenvalue weighted by molar-refractivity contribution is 0.103. The average Bonchev–Trinajstić information content (AvgIpc) is 3.41. The van der Waals surface area contributed by atoms with Crippen LogP contribution in [0.25, 0.3) is 11.1 Å². The van der Waals surface area contributed by atoms with E-state index in [1.165, 1.54) is 27.8 Å². The van der Waals surface area contributed by atoms with Crippen LogP contribution >= 0.6 is 0 Å². The highest BCUT2D eigenvalue weighted by Crippen LogP contribution is 2.56. The molecule has 45 heavy (non-hydrogen) atoms. The largest absolute Gasteiger partial charge is 0.497 e. The number of hydrogen-bond donors (Lipinski definition) is 0. The Hall–Kier alpha value is -5.41. The summed E-state index contributed by atoms with van der Waals surface area (Å²) in [6.07, 6.45) is 0. The lowest BCUT2D eigenvalue weighted by Gasteiger charge is -2.34. The monoisotopic (exact) mass is 588 g/mol. The molecule has 0 atom stereocenters. The molecule has 0 aliphatic heterocycles. The molecule has 6 aromatic carbocycles. The van der Waals surface area contributed by atoms with Crippen LogP contribution in [-0.2, 0) is 5.41 Å². The van der Waals surface area contributed by atoms with Crippen molar-refractivity contribution in [3.05, 3.63) is 185 Å². The van der Waals surface area contributed by atoms with E-state index < -0.39 is 5.41 Å². The Bertz CT molecular complexity index is 1870. The van der Waals surface area contributed by atoms with Crippen molar-refractivity contribution in [2.24, 2.45) is 0 Å². The zero-order valence-corrected chi connectivity index (χ0v) is 26.1. The van der Waals surface area contributed by atoms with Gasteiger partial charge in [-0.3, -0.25) is 4.79 Å². The maximum atomic E-state index is 12.9. The van der Waals surface area contributed by atoms with Gasteiger partial charge in [-0.1, -0.05) is 116 Å². The Morgan fingerprint density at radius 2 is 0.911 bits per heavy atom. The van der Waals surface area contributed by atoms with Gasteiger partial charge in [0.15, 0.2) is 5.78 Å². The number of hydrogen-bond acceptors (Lipinski definition) is 3. The zero-order chi connectivity index (χ0) is 31.4. The molecule has 0 saturated carbocycles. The average molecular weight is 589 g/mol. The minimum absolute atomic E-state index is 0.00291. The van der Waals surface area contributed by atoms with Crippen molar-refractivity contribution >= 4 is 5.78 Å². The molecule has 0 radical (unpaired) electrons. The molecule has 3 nitrogen and oxygen atoms in total. The van der Waals surface area contributed by atoms with E-state index >= 15 is 0 Å². The third kappa shape index (κ3) is 5.32. The van der Waals surface area contributed by atoms with Gasteiger partial charge in [0, 0.05) is 11.1 Å². The predicted octanol–water partition coefficient (Wildman–Crippen LogP) is 10.4. The second-order valence-electron chi connectivity index (χ2n) is 10.9. The van der Waals surface area contributed by atoms with Crippen molar-refractivity contribution in [2.75, 3.05) is 7.11 Å². The smallest absolute Gasteiger partial charge is 0.193 e. The summed E-state index contributed by atoms with van der Waals surface area (Å²) < 4.78 is 11.7. The molecule has 0 heterocycles. The number of carbonyl (C=O) groups is 1. The van der Waals surface area contributed by atoms with Crippen molar-refractivity contribution < 1.29 is 14.3 Å². The zero-order valence-electron chi connectivity index (χ0n) is 26.1. The van der Waals surface area contributed by atoms with Crippen molar-refractivity contribution in [3.8, 4) is 28.4 Å². The second-order valence-corrected chi connectivity index (χ2v) is 10.9. The van der Waals surface area contributed by atoms with Gasteiger partial charge in [0.2, 0.25) is 0 Å². The van der Waals surface area contributed by atoms with Gasteiger partial charge >= 0.3 is 0 Å². The molecule has 0 saturated heterocycles. The molecule has 222 valence electrons. The number of ether oxygens (including phenoxy) is 2. The van der Waals surface area contributed by atoms with Crippen LogP contribution in [0.5, 0.6) is 17.2 Å². The third-order valence-electron chi connectivity index (χ3n) is 8.43. The van der Waals surface area contributed by atoms with Gasteiger partial charge in [0.25, 0.3) is 0 Å². The summed E-state index contributed by atoms with van der Waals surface area (Å²) >= 11 is 0. The first-order valence-electron chi connectivity index (χ1n) is 15.4. The number of benzene rings is 6. The molecule has 0 fully saturated rings. The minimum atomic E-state index is -0.490. The van der Waals surface area contributed by atoms with E-state index in [1.54, 1.807) is 7.11 Å². The Labute approximate surface area is 265 Å². The summed E-state index contributed by atoms with van der Waals surface area (Å²) in [4.78, 5) is 12.9. The molecule has 3 heteroatoms. The summed E-state index contributed by atoms with van der Waals surface area (Å²) in [6.45, 7) is 6.01. The number of rotatable bonds is 7. The minimum Gasteiger partial charge on any atom is -0.497 e. The molecule has 6 aromatic rings. The van der Waals surface area contributed by atoms with Gasteiger partial charge in [-0.05, 0) is 88.8 Å². The topological polar surface area (TPSA) is 35.5 Å². The maximum absolute atomic E-state index is 12.9. The van der Waals surface area contributed by atoms with Gasteiger partial charge in [0.1, 0.15) is 17.2 Å². The molecule has 1 aliphatic rings. The quantitative estimate of drug-likeness (QED) is 0.174. The van der Waals surface area contributed by atoms with Gasteiger partial charge in [-0.2, -0.15) is 0 Å². The van der Waals surface area contributed by atoms with E-state index in [1.807, 2.05) is 93.6 Å². The first kappa shape index (κ1) is 29.7. The first-order valence-corrected chi connectivity index (χ1v) is 15.4. The predicted molar refractivity (Wildman–Crippen MR) is 183 cm³/mol. The Kier molecular flexibility index (Phi) is 8.35. The van der Waals surface area contributed by atoms with E-state index in [-0.39, 0.29) is 5.78 Å². The van der Waals surface area contributed by atoms with Crippen LogP contribution in [0.2, 0.25) is 0 Å². The van der Waals surface area contributed by atoms with Crippen LogP contribution in [0.1, 0.15) is 57.6 Å². The summed E-state index contributed by atoms with van der Waals surface area (Å²) in [6, 6.07) is 49.1. The van der Waals surface area contributed by atoms with Crippen LogP contribution in [0.4, 0.5) is 0 Å². The highest BCUT2D eigenvalue weighted by atomic mass is 16.5. The first-order chi connectivity index (χ1) is 22.1. The van der Waals surface area contributed by atoms with Crippen molar-refractivity contribution in [1.29, 1.82) is 0 Å². The van der Waals surface area contributed by atoms with E-state index in [0.717, 1.165) is 22.6 Å². The van der Waals surface area contributed by atoms with Crippen LogP contribution in [0.15, 0.2) is 146 Å². The number of carbonyl (C=O) groups excluding carboxylic acids is 1. The molecule has 1 aliphatic carbocycles. The summed E-state index contributed by atoms with van der Waals surface area (Å²) in [5.74, 6) is 2.23. The number of fused-ring (bicyclic) bond motifs is 3. The SMILES string of the molecule is CC.COc1ccc(C2(c3ccc(Oc4ccc(C(=O)c5ccc(C)cc5)cc4)cc3)c3ccccc3-c3ccccc32)cc1. The number of methoxy groups -OCH3 is 1. The number of aryl methyl sites for hydroxylation is 1. The fraction of sp³-hybridized carbons (Fsp3) is 0.119. The van der Waals surface area contributed by atoms with E-state index in [0.29, 0.717) is 16.9 Å². The van der Waals surface area contributed by atoms with Crippen molar-refractivity contribution in [2.45, 2.75) is 26.2 Å². The van der Waals surface area contributed by atoms with Crippen molar-refractivity contribution in [3.63, 3.8) is 0 Å². The highest BCUT2D eigenvalue weighted by Gasteiger charge is 2.45. The van der Waals surface area contributed by atoms with Crippen LogP contribution in [0.3, 0.4) is 0 Å². The molecule has 0 aromatic heterocycles. The fourth-order valence-corrected chi connectivity index (χ4v) is 6.32. The number of ketones is 1. The standard InChI is InChI=1S/C40H30O3.C2H6/c1-27-11-13-28(14-12-27)39(41)29-15-21-33(22-16-29)43-34-25-19-31(20-26-34)40(30-17-23-32(42-2)24-18-30)37-9-5-3-7-35(37)36-8-4-6-10-38(36)40;1-2/h3-26H,1-2H3;1-2H3. The van der Waals surface area contributed by atoms with E-state index in [4.69, 9.17) is 9.47 Å². The molecule has 0 N–H and O–H groups in total. The lowest BCUT2D eigenvalue weighted by atomic mass is 9.68. The summed E-state index contributed by atoms with van der Waals surface area (Å²) in [5, 5.41) is 0. The van der Waals surface area contributed by atoms with Crippen LogP contribution in [0, 0.1) is 6.92 Å². The molecule has 0 amide bonds. The fourth-order valence-electron chi connectivity index (χ4n) is 6.32. The molecule has 0 unspecified atom stereocenters. The maximum Gasteiger partial charge on any atom is 0.193 e. The van der Waals surface area contributed by atoms with Gasteiger partial charge in [-0.15, -0.1) is 0 Å². The van der Waals surface area contributed by atoms with E-state index in [2.05, 4.69) is 72.8 Å². The normalized spacial score (nSPS) is 12.3. The highest BCUT2D eigenvalue weighted by molar-refractivity contribution is 6.09. The van der Waals surface area contributed by atoms with Gasteiger partial charge in [-0.25, -0.2) is 0 Å². The van der Waals surface area contributed by atoms with Crippen LogP contribution < -0.4 is 9.47 Å². The third-order valence-corrected chi connectivity index (χ3v) is 8.43. The molecular formula is C42H36O3. The van der Waals surface area contributed by atoms with Gasteiger partial charge in [0.05, 0.1) is 12.5 Å². The Balaban J connectivity index is 0.00000175. The summed E-state index contributed by atoms with van der Waals surface area (Å²) in [5.41, 5.74) is 9.27. The Morgan fingerprint density at radius 1 is 0.511 bits per heavy atom. The summed E-state index contributed by atoms with van der Waals surface area (Å²) in [7, 11) is 1.69. The van der Waals surface area contributed by atoms with Gasteiger partial charge < -0.3 is 9.47 Å². The molecule has 7 rings (SSSR count).